The molecule has 1 amide bonds. The molecule has 0 bridgehead atoms. The summed E-state index contributed by atoms with van der Waals surface area (Å²) in [5, 5.41) is 0. The zero-order chi connectivity index (χ0) is 13.0. The van der Waals surface area contributed by atoms with Gasteiger partial charge >= 0.3 is 5.85 Å². The fourth-order valence-electron chi connectivity index (χ4n) is 1.55. The fourth-order valence-corrected chi connectivity index (χ4v) is 1.55. The number of alkyl halides is 1. The monoisotopic (exact) mass is 245 g/mol. The van der Waals surface area contributed by atoms with E-state index in [4.69, 9.17) is 10.5 Å². The summed E-state index contributed by atoms with van der Waals surface area (Å²) in [5.74, 6) is -3.61. The van der Waals surface area contributed by atoms with Gasteiger partial charge in [-0.2, -0.15) is 4.39 Å². The molecule has 0 aliphatic rings. The molecule has 2 aromatic rings. The number of ether oxygens (including phenoxy) is 1. The molecule has 0 aliphatic heterocycles. The van der Waals surface area contributed by atoms with Gasteiger partial charge in [-0.1, -0.05) is 48.5 Å². The van der Waals surface area contributed by atoms with Gasteiger partial charge in [0.2, 0.25) is 0 Å². The van der Waals surface area contributed by atoms with Gasteiger partial charge in [-0.05, 0) is 12.1 Å². The van der Waals surface area contributed by atoms with Crippen LogP contribution in [0.1, 0.15) is 5.56 Å². The molecule has 0 saturated heterocycles. The Morgan fingerprint density at radius 3 is 2.00 bits per heavy atom. The lowest BCUT2D eigenvalue weighted by Crippen LogP contribution is -2.42. The van der Waals surface area contributed by atoms with E-state index in [0.717, 1.165) is 0 Å². The van der Waals surface area contributed by atoms with E-state index in [1.807, 2.05) is 0 Å². The molecular weight excluding hydrogens is 233 g/mol. The van der Waals surface area contributed by atoms with Crippen molar-refractivity contribution in [1.29, 1.82) is 0 Å². The summed E-state index contributed by atoms with van der Waals surface area (Å²) in [6, 6.07) is 16.1. The second-order valence-corrected chi connectivity index (χ2v) is 3.74. The van der Waals surface area contributed by atoms with Crippen molar-refractivity contribution in [2.45, 2.75) is 5.85 Å². The summed E-state index contributed by atoms with van der Waals surface area (Å²) in [6.07, 6.45) is 0. The SMILES string of the molecule is NC(=O)C(F)(Oc1ccccc1)c1ccccc1. The third-order valence-corrected chi connectivity index (χ3v) is 2.46. The van der Waals surface area contributed by atoms with Crippen LogP contribution in [-0.2, 0) is 10.6 Å². The van der Waals surface area contributed by atoms with Gasteiger partial charge in [0.1, 0.15) is 5.75 Å². The average molecular weight is 245 g/mol. The molecule has 1 unspecified atom stereocenters. The third kappa shape index (κ3) is 2.32. The molecule has 4 heteroatoms. The first-order chi connectivity index (χ1) is 8.63. The first kappa shape index (κ1) is 12.1. The van der Waals surface area contributed by atoms with Crippen molar-refractivity contribution in [3.05, 3.63) is 66.2 Å². The summed E-state index contributed by atoms with van der Waals surface area (Å²) in [6.45, 7) is 0. The number of hydrogen-bond acceptors (Lipinski definition) is 2. The number of rotatable bonds is 4. The van der Waals surface area contributed by atoms with Gasteiger partial charge in [-0.25, -0.2) is 0 Å². The van der Waals surface area contributed by atoms with Crippen LogP contribution in [0.3, 0.4) is 0 Å². The topological polar surface area (TPSA) is 52.3 Å². The minimum Gasteiger partial charge on any atom is -0.446 e. The number of benzene rings is 2. The lowest BCUT2D eigenvalue weighted by Gasteiger charge is -2.23. The van der Waals surface area contributed by atoms with Crippen LogP contribution in [0.15, 0.2) is 60.7 Å². The van der Waals surface area contributed by atoms with E-state index in [9.17, 15) is 9.18 Å². The van der Waals surface area contributed by atoms with Gasteiger partial charge in [0.25, 0.3) is 5.91 Å². The number of halogens is 1. The quantitative estimate of drug-likeness (QED) is 0.899. The Morgan fingerprint density at radius 1 is 1.00 bits per heavy atom. The summed E-state index contributed by atoms with van der Waals surface area (Å²) >= 11 is 0. The molecule has 0 fully saturated rings. The summed E-state index contributed by atoms with van der Waals surface area (Å²) in [5.41, 5.74) is 5.18. The molecule has 1 atom stereocenters. The highest BCUT2D eigenvalue weighted by atomic mass is 19.2. The summed E-state index contributed by atoms with van der Waals surface area (Å²) < 4.78 is 19.7. The molecule has 0 aromatic heterocycles. The van der Waals surface area contributed by atoms with Crippen LogP contribution in [0, 0.1) is 0 Å². The van der Waals surface area contributed by atoms with E-state index < -0.39 is 11.8 Å². The highest BCUT2D eigenvalue weighted by Gasteiger charge is 2.41. The van der Waals surface area contributed by atoms with Crippen LogP contribution < -0.4 is 10.5 Å². The van der Waals surface area contributed by atoms with Crippen molar-refractivity contribution in [1.82, 2.24) is 0 Å². The molecule has 2 N–H and O–H groups in total. The standard InChI is InChI=1S/C14H12FNO2/c15-14(13(16)17,11-7-3-1-4-8-11)18-12-9-5-2-6-10-12/h1-10H,(H2,16,17). The Balaban J connectivity index is 2.37. The molecule has 2 aromatic carbocycles. The second kappa shape index (κ2) is 4.87. The number of carbonyl (C=O) groups is 1. The lowest BCUT2D eigenvalue weighted by molar-refractivity contribution is -0.152. The van der Waals surface area contributed by atoms with E-state index in [1.165, 1.54) is 12.1 Å². The lowest BCUT2D eigenvalue weighted by atomic mass is 10.1. The van der Waals surface area contributed by atoms with Crippen LogP contribution in [0.5, 0.6) is 5.75 Å². The Hall–Kier alpha value is -2.36. The predicted octanol–water partition coefficient (Wildman–Crippen LogP) is 2.37. The predicted molar refractivity (Wildman–Crippen MR) is 65.5 cm³/mol. The van der Waals surface area contributed by atoms with E-state index in [1.54, 1.807) is 48.5 Å². The van der Waals surface area contributed by atoms with Gasteiger partial charge in [-0.3, -0.25) is 4.79 Å². The van der Waals surface area contributed by atoms with Crippen LogP contribution in [0.4, 0.5) is 4.39 Å². The number of nitrogens with two attached hydrogens (primary N) is 1. The van der Waals surface area contributed by atoms with Crippen molar-refractivity contribution in [3.8, 4) is 5.75 Å². The summed E-state index contributed by atoms with van der Waals surface area (Å²) in [4.78, 5) is 11.3. The minimum absolute atomic E-state index is 0.0707. The van der Waals surface area contributed by atoms with Crippen molar-refractivity contribution in [3.63, 3.8) is 0 Å². The maximum Gasteiger partial charge on any atom is 0.353 e. The molecular formula is C14H12FNO2. The Bertz CT molecular complexity index is 530. The number of primary amides is 1. The van der Waals surface area contributed by atoms with Gasteiger partial charge in [0.15, 0.2) is 0 Å². The van der Waals surface area contributed by atoms with Crippen molar-refractivity contribution in [2.24, 2.45) is 5.73 Å². The molecule has 92 valence electrons. The number of hydrogen-bond donors (Lipinski definition) is 1. The molecule has 3 nitrogen and oxygen atoms in total. The van der Waals surface area contributed by atoms with Crippen LogP contribution in [-0.4, -0.2) is 5.91 Å². The van der Waals surface area contributed by atoms with E-state index in [2.05, 4.69) is 0 Å². The zero-order valence-corrected chi connectivity index (χ0v) is 9.55. The smallest absolute Gasteiger partial charge is 0.353 e. The second-order valence-electron chi connectivity index (χ2n) is 3.74. The van der Waals surface area contributed by atoms with Gasteiger partial charge < -0.3 is 10.5 Å². The van der Waals surface area contributed by atoms with E-state index >= 15 is 0 Å². The Kier molecular flexibility index (Phi) is 3.28. The van der Waals surface area contributed by atoms with Crippen LogP contribution in [0.2, 0.25) is 0 Å². The van der Waals surface area contributed by atoms with Crippen LogP contribution in [0.25, 0.3) is 0 Å². The fraction of sp³-hybridized carbons (Fsp3) is 0.0714. The van der Waals surface area contributed by atoms with Crippen molar-refractivity contribution < 1.29 is 13.9 Å². The minimum atomic E-state index is -2.66. The Labute approximate surface area is 104 Å². The van der Waals surface area contributed by atoms with Crippen molar-refractivity contribution in [2.75, 3.05) is 0 Å². The van der Waals surface area contributed by atoms with Gasteiger partial charge in [0, 0.05) is 5.56 Å². The Morgan fingerprint density at radius 2 is 1.50 bits per heavy atom. The van der Waals surface area contributed by atoms with Crippen LogP contribution >= 0.6 is 0 Å². The largest absolute Gasteiger partial charge is 0.446 e. The third-order valence-electron chi connectivity index (χ3n) is 2.46. The van der Waals surface area contributed by atoms with E-state index in [0.29, 0.717) is 0 Å². The van der Waals surface area contributed by atoms with Gasteiger partial charge in [-0.15, -0.1) is 0 Å². The highest BCUT2D eigenvalue weighted by molar-refractivity contribution is 5.83. The molecule has 0 radical (unpaired) electrons. The van der Waals surface area contributed by atoms with Crippen molar-refractivity contribution >= 4 is 5.91 Å². The highest BCUT2D eigenvalue weighted by Crippen LogP contribution is 2.29. The molecule has 0 spiro atoms. The number of para-hydroxylation sites is 1. The maximum absolute atomic E-state index is 14.6. The van der Waals surface area contributed by atoms with E-state index in [-0.39, 0.29) is 11.3 Å². The molecule has 18 heavy (non-hydrogen) atoms. The summed E-state index contributed by atoms with van der Waals surface area (Å²) in [7, 11) is 0. The first-order valence-corrected chi connectivity index (χ1v) is 5.41. The molecule has 0 heterocycles. The maximum atomic E-state index is 14.6. The molecule has 2 rings (SSSR count). The first-order valence-electron chi connectivity index (χ1n) is 5.41. The normalized spacial score (nSPS) is 13.6. The average Bonchev–Trinajstić information content (AvgIpc) is 2.40. The number of amides is 1. The van der Waals surface area contributed by atoms with Gasteiger partial charge in [0.05, 0.1) is 0 Å². The molecule has 0 saturated carbocycles. The zero-order valence-electron chi connectivity index (χ0n) is 9.55. The number of carbonyl (C=O) groups excluding carboxylic acids is 1. The molecule has 0 aliphatic carbocycles.